The molecule has 1 heterocycles. The van der Waals surface area contributed by atoms with Gasteiger partial charge >= 0.3 is 0 Å². The molecule has 1 rings (SSSR count). The molecule has 0 N–H and O–H groups in total. The van der Waals surface area contributed by atoms with Crippen molar-refractivity contribution in [3.05, 3.63) is 0 Å². The molecule has 6 heteroatoms. The molecule has 0 aromatic heterocycles. The fourth-order valence-corrected chi connectivity index (χ4v) is 4.18. The Morgan fingerprint density at radius 2 is 2.06 bits per heavy atom. The zero-order valence-corrected chi connectivity index (χ0v) is 13.2. The van der Waals surface area contributed by atoms with E-state index in [-0.39, 0.29) is 6.04 Å². The zero-order valence-electron chi connectivity index (χ0n) is 11.6. The largest absolute Gasteiger partial charge is 0.282 e. The van der Waals surface area contributed by atoms with Crippen LogP contribution in [0, 0.1) is 5.92 Å². The molecule has 0 aliphatic carbocycles. The van der Waals surface area contributed by atoms with Gasteiger partial charge < -0.3 is 0 Å². The minimum absolute atomic E-state index is 0.0353. The number of alkyl halides is 1. The first-order valence-electron chi connectivity index (χ1n) is 6.68. The van der Waals surface area contributed by atoms with Crippen molar-refractivity contribution >= 4 is 21.8 Å². The molecule has 1 aliphatic heterocycles. The van der Waals surface area contributed by atoms with Crippen molar-refractivity contribution in [1.82, 2.24) is 8.61 Å². The van der Waals surface area contributed by atoms with Crippen LogP contribution in [0.4, 0.5) is 0 Å². The number of hydrogen-bond acceptors (Lipinski definition) is 2. The molecular formula is C12H25ClN2O2S. The topological polar surface area (TPSA) is 40.6 Å². The van der Waals surface area contributed by atoms with Crippen LogP contribution in [0.15, 0.2) is 0 Å². The number of halogens is 1. The van der Waals surface area contributed by atoms with Gasteiger partial charge in [0.25, 0.3) is 10.2 Å². The van der Waals surface area contributed by atoms with Crippen molar-refractivity contribution in [3.8, 4) is 0 Å². The fraction of sp³-hybridized carbons (Fsp3) is 1.00. The molecule has 0 amide bonds. The van der Waals surface area contributed by atoms with E-state index in [1.54, 1.807) is 11.4 Å². The van der Waals surface area contributed by atoms with Crippen molar-refractivity contribution in [2.24, 2.45) is 5.92 Å². The molecule has 1 saturated heterocycles. The first-order chi connectivity index (χ1) is 8.39. The van der Waals surface area contributed by atoms with Crippen LogP contribution in [0.1, 0.15) is 39.5 Å². The quantitative estimate of drug-likeness (QED) is 0.706. The van der Waals surface area contributed by atoms with Gasteiger partial charge in [0, 0.05) is 32.1 Å². The summed E-state index contributed by atoms with van der Waals surface area (Å²) in [5, 5.41) is 0. The summed E-state index contributed by atoms with van der Waals surface area (Å²) in [6, 6.07) is -0.0353. The Labute approximate surface area is 116 Å². The fourth-order valence-electron chi connectivity index (χ4n) is 2.17. The number of hydrogen-bond donors (Lipinski definition) is 0. The Balaban J connectivity index is 2.71. The smallest absolute Gasteiger partial charge is 0.195 e. The summed E-state index contributed by atoms with van der Waals surface area (Å²) in [7, 11) is -1.67. The molecule has 0 radical (unpaired) electrons. The predicted molar refractivity (Wildman–Crippen MR) is 76.1 cm³/mol. The SMILES string of the molecule is CC(C)CCN(C)S(=O)(=O)N1CCCCC1CCl. The van der Waals surface area contributed by atoms with Gasteiger partial charge in [0.15, 0.2) is 0 Å². The average Bonchev–Trinajstić information content (AvgIpc) is 2.35. The van der Waals surface area contributed by atoms with Crippen LogP contribution in [-0.4, -0.2) is 49.1 Å². The Morgan fingerprint density at radius 1 is 1.39 bits per heavy atom. The molecule has 1 fully saturated rings. The van der Waals surface area contributed by atoms with Crippen molar-refractivity contribution in [2.75, 3.05) is 26.0 Å². The van der Waals surface area contributed by atoms with E-state index in [4.69, 9.17) is 11.6 Å². The van der Waals surface area contributed by atoms with Crippen LogP contribution >= 0.6 is 11.6 Å². The third-order valence-electron chi connectivity index (χ3n) is 3.46. The predicted octanol–water partition coefficient (Wildman–Crippen LogP) is 2.30. The third kappa shape index (κ3) is 4.08. The maximum atomic E-state index is 12.5. The van der Waals surface area contributed by atoms with Gasteiger partial charge in [-0.05, 0) is 25.2 Å². The lowest BCUT2D eigenvalue weighted by Crippen LogP contribution is -2.50. The lowest BCUT2D eigenvalue weighted by molar-refractivity contribution is 0.251. The van der Waals surface area contributed by atoms with Crippen molar-refractivity contribution in [3.63, 3.8) is 0 Å². The van der Waals surface area contributed by atoms with E-state index in [1.807, 2.05) is 0 Å². The molecule has 0 aromatic rings. The maximum Gasteiger partial charge on any atom is 0.282 e. The second-order valence-electron chi connectivity index (χ2n) is 5.43. The van der Waals surface area contributed by atoms with Crippen molar-refractivity contribution < 1.29 is 8.42 Å². The van der Waals surface area contributed by atoms with Gasteiger partial charge in [0.2, 0.25) is 0 Å². The van der Waals surface area contributed by atoms with E-state index in [0.717, 1.165) is 25.7 Å². The second kappa shape index (κ2) is 7.08. The van der Waals surface area contributed by atoms with E-state index in [9.17, 15) is 8.42 Å². The Hall–Kier alpha value is 0.160. The van der Waals surface area contributed by atoms with E-state index in [1.165, 1.54) is 4.31 Å². The summed E-state index contributed by atoms with van der Waals surface area (Å²) >= 11 is 5.89. The van der Waals surface area contributed by atoms with Crippen LogP contribution in [0.3, 0.4) is 0 Å². The molecule has 0 aromatic carbocycles. The molecule has 0 bridgehead atoms. The minimum Gasteiger partial charge on any atom is -0.195 e. The Bertz CT molecular complexity index is 346. The summed E-state index contributed by atoms with van der Waals surface area (Å²) in [5.41, 5.74) is 0. The Kier molecular flexibility index (Phi) is 6.38. The monoisotopic (exact) mass is 296 g/mol. The summed E-state index contributed by atoms with van der Waals surface area (Å²) in [6.45, 7) is 5.38. The van der Waals surface area contributed by atoms with Gasteiger partial charge in [-0.1, -0.05) is 20.3 Å². The van der Waals surface area contributed by atoms with Gasteiger partial charge in [0.1, 0.15) is 0 Å². The molecule has 18 heavy (non-hydrogen) atoms. The van der Waals surface area contributed by atoms with E-state index in [2.05, 4.69) is 13.8 Å². The first-order valence-corrected chi connectivity index (χ1v) is 8.61. The van der Waals surface area contributed by atoms with Gasteiger partial charge in [-0.15, -0.1) is 11.6 Å². The number of rotatable bonds is 6. The maximum absolute atomic E-state index is 12.5. The van der Waals surface area contributed by atoms with Gasteiger partial charge in [-0.3, -0.25) is 0 Å². The van der Waals surface area contributed by atoms with Crippen LogP contribution in [0.2, 0.25) is 0 Å². The summed E-state index contributed by atoms with van der Waals surface area (Å²) in [6.07, 6.45) is 3.76. The number of nitrogens with zero attached hydrogens (tertiary/aromatic N) is 2. The lowest BCUT2D eigenvalue weighted by Gasteiger charge is -2.36. The molecule has 4 nitrogen and oxygen atoms in total. The van der Waals surface area contributed by atoms with Crippen molar-refractivity contribution in [2.45, 2.75) is 45.6 Å². The van der Waals surface area contributed by atoms with Crippen molar-refractivity contribution in [1.29, 1.82) is 0 Å². The highest BCUT2D eigenvalue weighted by Crippen LogP contribution is 2.23. The molecule has 0 saturated carbocycles. The van der Waals surface area contributed by atoms with Gasteiger partial charge in [-0.2, -0.15) is 17.0 Å². The van der Waals surface area contributed by atoms with Gasteiger partial charge in [0.05, 0.1) is 0 Å². The second-order valence-corrected chi connectivity index (χ2v) is 7.72. The first kappa shape index (κ1) is 16.2. The Morgan fingerprint density at radius 3 is 2.61 bits per heavy atom. The summed E-state index contributed by atoms with van der Waals surface area (Å²) in [5.74, 6) is 0.893. The molecule has 1 atom stereocenters. The highest BCUT2D eigenvalue weighted by atomic mass is 35.5. The zero-order chi connectivity index (χ0) is 13.8. The van der Waals surface area contributed by atoms with E-state index < -0.39 is 10.2 Å². The summed E-state index contributed by atoms with van der Waals surface area (Å²) in [4.78, 5) is 0. The average molecular weight is 297 g/mol. The molecule has 108 valence electrons. The molecular weight excluding hydrogens is 272 g/mol. The van der Waals surface area contributed by atoms with Crippen LogP contribution in [0.5, 0.6) is 0 Å². The molecule has 1 aliphatic rings. The van der Waals surface area contributed by atoms with Crippen LogP contribution in [0.25, 0.3) is 0 Å². The van der Waals surface area contributed by atoms with Crippen LogP contribution < -0.4 is 0 Å². The van der Waals surface area contributed by atoms with E-state index >= 15 is 0 Å². The molecule has 1 unspecified atom stereocenters. The normalized spacial score (nSPS) is 22.9. The number of piperidine rings is 1. The summed E-state index contributed by atoms with van der Waals surface area (Å²) < 4.78 is 28.0. The van der Waals surface area contributed by atoms with Gasteiger partial charge in [-0.25, -0.2) is 0 Å². The highest BCUT2D eigenvalue weighted by Gasteiger charge is 2.34. The lowest BCUT2D eigenvalue weighted by atomic mass is 10.1. The minimum atomic E-state index is -3.34. The van der Waals surface area contributed by atoms with Crippen LogP contribution in [-0.2, 0) is 10.2 Å². The highest BCUT2D eigenvalue weighted by molar-refractivity contribution is 7.86. The standard InChI is InChI=1S/C12H25ClN2O2S/c1-11(2)7-9-14(3)18(16,17)15-8-5-4-6-12(15)10-13/h11-12H,4-10H2,1-3H3. The molecule has 0 spiro atoms. The third-order valence-corrected chi connectivity index (χ3v) is 5.86. The van der Waals surface area contributed by atoms with E-state index in [0.29, 0.717) is 24.9 Å².